The molecule has 0 aliphatic carbocycles. The zero-order chi connectivity index (χ0) is 16.0. The van der Waals surface area contributed by atoms with Crippen LogP contribution in [0.2, 0.25) is 5.02 Å². The predicted octanol–water partition coefficient (Wildman–Crippen LogP) is 2.84. The molecule has 116 valence electrons. The fourth-order valence-electron chi connectivity index (χ4n) is 1.57. The second-order valence-electron chi connectivity index (χ2n) is 3.97. The number of ether oxygens (including phenoxy) is 1. The van der Waals surface area contributed by atoms with E-state index in [0.29, 0.717) is 4.47 Å². The van der Waals surface area contributed by atoms with Crippen LogP contribution in [0.1, 0.15) is 6.92 Å². The molecule has 0 spiro atoms. The molecule has 0 bridgehead atoms. The molecule has 0 radical (unpaired) electrons. The highest BCUT2D eigenvalue weighted by molar-refractivity contribution is 9.10. The summed E-state index contributed by atoms with van der Waals surface area (Å²) in [6.07, 6.45) is 1.39. The number of carbonyl (C=O) groups is 1. The first kappa shape index (κ1) is 18.2. The quantitative estimate of drug-likeness (QED) is 0.525. The molecule has 1 aromatic rings. The highest BCUT2D eigenvalue weighted by Crippen LogP contribution is 2.27. The Labute approximate surface area is 137 Å². The van der Waals surface area contributed by atoms with Gasteiger partial charge in [-0.3, -0.25) is 4.79 Å². The minimum Gasteiger partial charge on any atom is -0.465 e. The third kappa shape index (κ3) is 4.81. The van der Waals surface area contributed by atoms with Gasteiger partial charge in [-0.15, -0.1) is 6.58 Å². The maximum atomic E-state index is 12.6. The molecule has 0 fully saturated rings. The van der Waals surface area contributed by atoms with E-state index in [1.54, 1.807) is 13.0 Å². The highest BCUT2D eigenvalue weighted by Gasteiger charge is 2.28. The fraction of sp³-hybridized carbons (Fsp3) is 0.308. The summed E-state index contributed by atoms with van der Waals surface area (Å²) in [4.78, 5) is 11.5. The van der Waals surface area contributed by atoms with E-state index in [2.05, 4.69) is 22.5 Å². The Balaban J connectivity index is 3.15. The summed E-state index contributed by atoms with van der Waals surface area (Å²) in [5, 5.41) is 0.0716. The molecular formula is C13H15BrClNO4S. The zero-order valence-corrected chi connectivity index (χ0v) is 14.5. The van der Waals surface area contributed by atoms with Crippen molar-refractivity contribution in [3.05, 3.63) is 40.3 Å². The molecule has 0 N–H and O–H groups in total. The maximum absolute atomic E-state index is 12.6. The predicted molar refractivity (Wildman–Crippen MR) is 84.7 cm³/mol. The van der Waals surface area contributed by atoms with Gasteiger partial charge < -0.3 is 4.74 Å². The summed E-state index contributed by atoms with van der Waals surface area (Å²) in [5.41, 5.74) is 0. The smallest absolute Gasteiger partial charge is 0.321 e. The topological polar surface area (TPSA) is 63.7 Å². The largest absolute Gasteiger partial charge is 0.465 e. The van der Waals surface area contributed by atoms with E-state index in [0.717, 1.165) is 4.31 Å². The maximum Gasteiger partial charge on any atom is 0.321 e. The minimum atomic E-state index is -3.92. The van der Waals surface area contributed by atoms with Crippen molar-refractivity contribution in [3.63, 3.8) is 0 Å². The van der Waals surface area contributed by atoms with E-state index < -0.39 is 22.5 Å². The Bertz CT molecular complexity index is 633. The molecule has 0 amide bonds. The van der Waals surface area contributed by atoms with Crippen LogP contribution in [0, 0.1) is 0 Å². The Morgan fingerprint density at radius 1 is 1.52 bits per heavy atom. The molecule has 0 aliphatic heterocycles. The molecule has 0 unspecified atom stereocenters. The number of benzene rings is 1. The van der Waals surface area contributed by atoms with Crippen molar-refractivity contribution in [3.8, 4) is 0 Å². The molecule has 21 heavy (non-hydrogen) atoms. The number of esters is 1. The first-order valence-corrected chi connectivity index (χ1v) is 8.65. The summed E-state index contributed by atoms with van der Waals surface area (Å²) in [7, 11) is -3.92. The monoisotopic (exact) mass is 395 g/mol. The molecule has 0 aromatic heterocycles. The van der Waals surface area contributed by atoms with Gasteiger partial charge >= 0.3 is 5.97 Å². The first-order valence-electron chi connectivity index (χ1n) is 6.04. The fourth-order valence-corrected chi connectivity index (χ4v) is 3.93. The van der Waals surface area contributed by atoms with Crippen LogP contribution in [0.3, 0.4) is 0 Å². The second-order valence-corrected chi connectivity index (χ2v) is 7.20. The number of hydrogen-bond acceptors (Lipinski definition) is 4. The van der Waals surface area contributed by atoms with Crippen molar-refractivity contribution in [1.82, 2.24) is 4.31 Å². The van der Waals surface area contributed by atoms with Crippen molar-refractivity contribution in [2.24, 2.45) is 0 Å². The lowest BCUT2D eigenvalue weighted by molar-refractivity contribution is -0.143. The molecule has 8 heteroatoms. The van der Waals surface area contributed by atoms with Crippen LogP contribution in [-0.2, 0) is 19.6 Å². The molecule has 0 heterocycles. The first-order chi connectivity index (χ1) is 9.82. The normalized spacial score (nSPS) is 11.4. The molecule has 0 atom stereocenters. The van der Waals surface area contributed by atoms with Crippen LogP contribution in [0.25, 0.3) is 0 Å². The lowest BCUT2D eigenvalue weighted by Gasteiger charge is -2.20. The average molecular weight is 397 g/mol. The third-order valence-corrected chi connectivity index (χ3v) is 5.24. The number of halogens is 2. The Kier molecular flexibility index (Phi) is 6.86. The lowest BCUT2D eigenvalue weighted by Crippen LogP contribution is -2.36. The Hall–Kier alpha value is -0.890. The highest BCUT2D eigenvalue weighted by atomic mass is 79.9. The molecule has 0 aliphatic rings. The second kappa shape index (κ2) is 7.93. The van der Waals surface area contributed by atoms with Crippen molar-refractivity contribution >= 4 is 43.5 Å². The molecule has 0 saturated carbocycles. The number of hydrogen-bond donors (Lipinski definition) is 0. The summed E-state index contributed by atoms with van der Waals surface area (Å²) in [6, 6.07) is 4.42. The molecule has 1 aromatic carbocycles. The standard InChI is InChI=1S/C13H15BrClNO4S/c1-3-7-16(9-13(17)20-4-2)21(18,19)12-6-5-10(14)8-11(12)15/h3,5-6,8H,1,4,7,9H2,2H3. The third-order valence-electron chi connectivity index (χ3n) is 2.46. The summed E-state index contributed by atoms with van der Waals surface area (Å²) in [5.74, 6) is -0.629. The zero-order valence-electron chi connectivity index (χ0n) is 11.4. The Morgan fingerprint density at radius 2 is 2.19 bits per heavy atom. The summed E-state index contributed by atoms with van der Waals surface area (Å²) < 4.78 is 31.5. The van der Waals surface area contributed by atoms with Crippen molar-refractivity contribution < 1.29 is 17.9 Å². The minimum absolute atomic E-state index is 0.0203. The number of rotatable bonds is 7. The van der Waals surface area contributed by atoms with Gasteiger partial charge in [-0.05, 0) is 25.1 Å². The van der Waals surface area contributed by atoms with Gasteiger partial charge in [0.15, 0.2) is 0 Å². The van der Waals surface area contributed by atoms with Crippen molar-refractivity contribution in [2.45, 2.75) is 11.8 Å². The van der Waals surface area contributed by atoms with E-state index in [1.165, 1.54) is 18.2 Å². The van der Waals surface area contributed by atoms with Gasteiger partial charge in [0, 0.05) is 11.0 Å². The molecule has 1 rings (SSSR count). The van der Waals surface area contributed by atoms with Gasteiger partial charge in [-0.25, -0.2) is 8.42 Å². The number of carbonyl (C=O) groups excluding carboxylic acids is 1. The molecule has 5 nitrogen and oxygen atoms in total. The van der Waals surface area contributed by atoms with Gasteiger partial charge in [-0.2, -0.15) is 4.31 Å². The van der Waals surface area contributed by atoms with Crippen molar-refractivity contribution in [1.29, 1.82) is 0 Å². The number of sulfonamides is 1. The van der Waals surface area contributed by atoms with Crippen LogP contribution in [0.15, 0.2) is 40.2 Å². The van der Waals surface area contributed by atoms with E-state index in [4.69, 9.17) is 16.3 Å². The lowest BCUT2D eigenvalue weighted by atomic mass is 10.4. The number of nitrogens with zero attached hydrogens (tertiary/aromatic N) is 1. The van der Waals surface area contributed by atoms with E-state index in [-0.39, 0.29) is 23.1 Å². The summed E-state index contributed by atoms with van der Waals surface area (Å²) in [6.45, 7) is 4.91. The molecular weight excluding hydrogens is 382 g/mol. The average Bonchev–Trinajstić information content (AvgIpc) is 2.38. The van der Waals surface area contributed by atoms with Gasteiger partial charge in [0.05, 0.1) is 11.6 Å². The SMILES string of the molecule is C=CCN(CC(=O)OCC)S(=O)(=O)c1ccc(Br)cc1Cl. The van der Waals surface area contributed by atoms with Crippen LogP contribution in [0.5, 0.6) is 0 Å². The van der Waals surface area contributed by atoms with Gasteiger partial charge in [0.25, 0.3) is 0 Å². The van der Waals surface area contributed by atoms with Gasteiger partial charge in [0.2, 0.25) is 10.0 Å². The van der Waals surface area contributed by atoms with Crippen molar-refractivity contribution in [2.75, 3.05) is 19.7 Å². The van der Waals surface area contributed by atoms with Gasteiger partial charge in [-0.1, -0.05) is 33.6 Å². The van der Waals surface area contributed by atoms with Crippen LogP contribution in [0.4, 0.5) is 0 Å². The van der Waals surface area contributed by atoms with Crippen LogP contribution >= 0.6 is 27.5 Å². The van der Waals surface area contributed by atoms with E-state index in [1.807, 2.05) is 0 Å². The van der Waals surface area contributed by atoms with E-state index in [9.17, 15) is 13.2 Å². The van der Waals surface area contributed by atoms with Crippen LogP contribution < -0.4 is 0 Å². The van der Waals surface area contributed by atoms with Gasteiger partial charge in [0.1, 0.15) is 11.4 Å². The van der Waals surface area contributed by atoms with E-state index >= 15 is 0 Å². The Morgan fingerprint density at radius 3 is 2.71 bits per heavy atom. The summed E-state index contributed by atoms with van der Waals surface area (Å²) >= 11 is 9.19. The van der Waals surface area contributed by atoms with Crippen LogP contribution in [-0.4, -0.2) is 38.4 Å². The molecule has 0 saturated heterocycles.